The van der Waals surface area contributed by atoms with Gasteiger partial charge in [0.15, 0.2) is 11.5 Å². The first-order chi connectivity index (χ1) is 8.49. The van der Waals surface area contributed by atoms with E-state index < -0.39 is 0 Å². The van der Waals surface area contributed by atoms with Gasteiger partial charge in [0.1, 0.15) is 0 Å². The van der Waals surface area contributed by atoms with Crippen LogP contribution in [0.25, 0.3) is 0 Å². The maximum absolute atomic E-state index is 11.9. The van der Waals surface area contributed by atoms with Crippen LogP contribution in [0, 0.1) is 5.92 Å². The van der Waals surface area contributed by atoms with Crippen molar-refractivity contribution in [2.45, 2.75) is 13.8 Å². The number of carbonyl (C=O) groups excluding carboxylic acids is 1. The van der Waals surface area contributed by atoms with Crippen molar-refractivity contribution in [2.24, 2.45) is 5.92 Å². The zero-order valence-electron chi connectivity index (χ0n) is 11.1. The van der Waals surface area contributed by atoms with E-state index in [9.17, 15) is 9.90 Å². The third-order valence-corrected chi connectivity index (χ3v) is 2.41. The van der Waals surface area contributed by atoms with E-state index in [1.807, 2.05) is 13.8 Å². The van der Waals surface area contributed by atoms with Crippen molar-refractivity contribution in [3.63, 3.8) is 0 Å². The lowest BCUT2D eigenvalue weighted by Crippen LogP contribution is -2.27. The van der Waals surface area contributed by atoms with Crippen LogP contribution in [0.3, 0.4) is 0 Å². The lowest BCUT2D eigenvalue weighted by atomic mass is 10.1. The molecule has 1 amide bonds. The van der Waals surface area contributed by atoms with Crippen molar-refractivity contribution in [1.82, 2.24) is 5.32 Å². The van der Waals surface area contributed by atoms with Crippen LogP contribution in [0.2, 0.25) is 0 Å². The van der Waals surface area contributed by atoms with Gasteiger partial charge in [0, 0.05) is 12.1 Å². The van der Waals surface area contributed by atoms with Crippen molar-refractivity contribution in [1.29, 1.82) is 0 Å². The average Bonchev–Trinajstić information content (AvgIpc) is 2.36. The Bertz CT molecular complexity index is 404. The first-order valence-corrected chi connectivity index (χ1v) is 5.72. The Balaban J connectivity index is 2.98. The van der Waals surface area contributed by atoms with Crippen LogP contribution in [0.15, 0.2) is 12.1 Å². The van der Waals surface area contributed by atoms with Gasteiger partial charge in [-0.2, -0.15) is 0 Å². The van der Waals surface area contributed by atoms with Crippen LogP contribution in [-0.2, 0) is 0 Å². The first kappa shape index (κ1) is 14.2. The van der Waals surface area contributed by atoms with Crippen LogP contribution >= 0.6 is 0 Å². The standard InChI is InChI=1S/C13H19NO4/c1-8(2)7-14-13(16)9-5-10(17-3)12(15)11(6-9)18-4/h5-6,8,15H,7H2,1-4H3,(H,14,16). The van der Waals surface area contributed by atoms with Gasteiger partial charge in [-0.15, -0.1) is 0 Å². The van der Waals surface area contributed by atoms with E-state index >= 15 is 0 Å². The summed E-state index contributed by atoms with van der Waals surface area (Å²) in [7, 11) is 2.84. The summed E-state index contributed by atoms with van der Waals surface area (Å²) in [6.45, 7) is 4.61. The normalized spacial score (nSPS) is 10.3. The summed E-state index contributed by atoms with van der Waals surface area (Å²) in [5.74, 6) is 0.462. The lowest BCUT2D eigenvalue weighted by molar-refractivity contribution is 0.0948. The lowest BCUT2D eigenvalue weighted by Gasteiger charge is -2.12. The molecule has 100 valence electrons. The van der Waals surface area contributed by atoms with Crippen LogP contribution < -0.4 is 14.8 Å². The molecule has 0 heterocycles. The molecular formula is C13H19NO4. The number of amides is 1. The third-order valence-electron chi connectivity index (χ3n) is 2.41. The summed E-state index contributed by atoms with van der Waals surface area (Å²) in [6.07, 6.45) is 0. The number of methoxy groups -OCH3 is 2. The van der Waals surface area contributed by atoms with Crippen LogP contribution in [0.5, 0.6) is 17.2 Å². The molecule has 0 aliphatic carbocycles. The van der Waals surface area contributed by atoms with E-state index in [4.69, 9.17) is 9.47 Å². The largest absolute Gasteiger partial charge is 0.502 e. The fourth-order valence-electron chi connectivity index (χ4n) is 1.42. The number of hydrogen-bond donors (Lipinski definition) is 2. The Labute approximate surface area is 107 Å². The number of hydrogen-bond acceptors (Lipinski definition) is 4. The quantitative estimate of drug-likeness (QED) is 0.839. The molecule has 0 spiro atoms. The minimum atomic E-state index is -0.222. The van der Waals surface area contributed by atoms with Crippen molar-refractivity contribution in [3.05, 3.63) is 17.7 Å². The Kier molecular flexibility index (Phi) is 4.83. The second-order valence-corrected chi connectivity index (χ2v) is 4.33. The predicted octanol–water partition coefficient (Wildman–Crippen LogP) is 1.80. The highest BCUT2D eigenvalue weighted by atomic mass is 16.5. The van der Waals surface area contributed by atoms with Gasteiger partial charge in [-0.1, -0.05) is 13.8 Å². The highest BCUT2D eigenvalue weighted by molar-refractivity contribution is 5.95. The molecule has 0 aliphatic heterocycles. The van der Waals surface area contributed by atoms with Crippen LogP contribution in [0.4, 0.5) is 0 Å². The monoisotopic (exact) mass is 253 g/mol. The molecule has 1 rings (SSSR count). The molecular weight excluding hydrogens is 234 g/mol. The second-order valence-electron chi connectivity index (χ2n) is 4.33. The third kappa shape index (κ3) is 3.29. The van der Waals surface area contributed by atoms with Crippen LogP contribution in [0.1, 0.15) is 24.2 Å². The number of aromatic hydroxyl groups is 1. The summed E-state index contributed by atoms with van der Waals surface area (Å²) in [5.41, 5.74) is 0.391. The molecule has 0 radical (unpaired) electrons. The van der Waals surface area contributed by atoms with Gasteiger partial charge < -0.3 is 19.9 Å². The molecule has 1 aromatic rings. The number of phenolic OH excluding ortho intramolecular Hbond substituents is 1. The second kappa shape index (κ2) is 6.14. The summed E-state index contributed by atoms with van der Waals surface area (Å²) in [6, 6.07) is 2.96. The highest BCUT2D eigenvalue weighted by Gasteiger charge is 2.15. The fourth-order valence-corrected chi connectivity index (χ4v) is 1.42. The molecule has 0 aromatic heterocycles. The molecule has 18 heavy (non-hydrogen) atoms. The van der Waals surface area contributed by atoms with Crippen molar-refractivity contribution in [3.8, 4) is 17.2 Å². The van der Waals surface area contributed by atoms with Crippen molar-refractivity contribution >= 4 is 5.91 Å². The van der Waals surface area contributed by atoms with E-state index in [0.29, 0.717) is 18.0 Å². The number of phenols is 1. The maximum Gasteiger partial charge on any atom is 0.251 e. The highest BCUT2D eigenvalue weighted by Crippen LogP contribution is 2.36. The zero-order chi connectivity index (χ0) is 13.7. The molecule has 0 aliphatic rings. The molecule has 0 saturated heterocycles. The molecule has 0 unspecified atom stereocenters. The Hall–Kier alpha value is -1.91. The molecule has 5 nitrogen and oxygen atoms in total. The van der Waals surface area contributed by atoms with Gasteiger partial charge in [0.2, 0.25) is 5.75 Å². The van der Waals surface area contributed by atoms with E-state index in [2.05, 4.69) is 5.32 Å². The van der Waals surface area contributed by atoms with Gasteiger partial charge in [0.25, 0.3) is 5.91 Å². The van der Waals surface area contributed by atoms with Crippen molar-refractivity contribution in [2.75, 3.05) is 20.8 Å². The maximum atomic E-state index is 11.9. The van der Waals surface area contributed by atoms with E-state index in [0.717, 1.165) is 0 Å². The van der Waals surface area contributed by atoms with E-state index in [1.165, 1.54) is 26.4 Å². The van der Waals surface area contributed by atoms with Gasteiger partial charge >= 0.3 is 0 Å². The van der Waals surface area contributed by atoms with Gasteiger partial charge in [0.05, 0.1) is 14.2 Å². The average molecular weight is 253 g/mol. The minimum Gasteiger partial charge on any atom is -0.502 e. The fraction of sp³-hybridized carbons (Fsp3) is 0.462. The number of benzene rings is 1. The number of ether oxygens (including phenoxy) is 2. The Morgan fingerprint density at radius 3 is 2.17 bits per heavy atom. The summed E-state index contributed by atoms with van der Waals surface area (Å²) < 4.78 is 9.99. The van der Waals surface area contributed by atoms with E-state index in [1.54, 1.807) is 0 Å². The topological polar surface area (TPSA) is 67.8 Å². The summed E-state index contributed by atoms with van der Waals surface area (Å²) >= 11 is 0. The predicted molar refractivity (Wildman–Crippen MR) is 68.4 cm³/mol. The molecule has 1 aromatic carbocycles. The molecule has 2 N–H and O–H groups in total. The zero-order valence-corrected chi connectivity index (χ0v) is 11.1. The van der Waals surface area contributed by atoms with Gasteiger partial charge in [-0.3, -0.25) is 4.79 Å². The number of nitrogens with one attached hydrogen (secondary N) is 1. The SMILES string of the molecule is COc1cc(C(=O)NCC(C)C)cc(OC)c1O. The molecule has 5 heteroatoms. The first-order valence-electron chi connectivity index (χ1n) is 5.72. The Morgan fingerprint density at radius 1 is 1.28 bits per heavy atom. The van der Waals surface area contributed by atoms with Gasteiger partial charge in [-0.25, -0.2) is 0 Å². The minimum absolute atomic E-state index is 0.111. The summed E-state index contributed by atoms with van der Waals surface area (Å²) in [5, 5.41) is 12.5. The number of rotatable bonds is 5. The summed E-state index contributed by atoms with van der Waals surface area (Å²) in [4.78, 5) is 11.9. The molecule has 0 bridgehead atoms. The Morgan fingerprint density at radius 2 is 1.78 bits per heavy atom. The smallest absolute Gasteiger partial charge is 0.251 e. The molecule has 0 atom stereocenters. The number of carbonyl (C=O) groups is 1. The molecule has 0 saturated carbocycles. The molecule has 0 fully saturated rings. The van der Waals surface area contributed by atoms with Crippen molar-refractivity contribution < 1.29 is 19.4 Å². The van der Waals surface area contributed by atoms with Gasteiger partial charge in [-0.05, 0) is 18.1 Å². The van der Waals surface area contributed by atoms with E-state index in [-0.39, 0.29) is 23.2 Å². The van der Waals surface area contributed by atoms with Crippen LogP contribution in [-0.4, -0.2) is 31.8 Å².